The topological polar surface area (TPSA) is 78.3 Å². The third-order valence-corrected chi connectivity index (χ3v) is 4.41. The lowest BCUT2D eigenvalue weighted by Gasteiger charge is -2.11. The Hall–Kier alpha value is -3.87. The predicted octanol–water partition coefficient (Wildman–Crippen LogP) is 4.47. The summed E-state index contributed by atoms with van der Waals surface area (Å²) in [6.45, 7) is 3.89. The van der Waals surface area contributed by atoms with E-state index in [4.69, 9.17) is 9.47 Å². The highest BCUT2D eigenvalue weighted by atomic mass is 16.5. The van der Waals surface area contributed by atoms with Crippen LogP contribution in [0.15, 0.2) is 66.7 Å². The quantitative estimate of drug-likeness (QED) is 0.515. The molecule has 30 heavy (non-hydrogen) atoms. The number of nitrogens with zero attached hydrogens (tertiary/aromatic N) is 3. The molecule has 0 bridgehead atoms. The Morgan fingerprint density at radius 3 is 2.43 bits per heavy atom. The van der Waals surface area contributed by atoms with Crippen LogP contribution in [-0.2, 0) is 0 Å². The molecule has 0 saturated heterocycles. The molecule has 0 aliphatic heterocycles. The van der Waals surface area contributed by atoms with Crippen molar-refractivity contribution in [1.29, 1.82) is 0 Å². The standard InChI is InChI=1S/C23H22N4O3/c1-15(2)30-20-6-4-5-16(13-20)23(28)24-17-7-12-21-22(14-17)26-27(25-21)18-8-10-19(29-3)11-9-18/h4-15H,1-3H3,(H,24,28). The molecule has 0 unspecified atom stereocenters. The van der Waals surface area contributed by atoms with Crippen molar-refractivity contribution in [1.82, 2.24) is 15.0 Å². The van der Waals surface area contributed by atoms with Gasteiger partial charge in [0.25, 0.3) is 5.91 Å². The molecule has 7 nitrogen and oxygen atoms in total. The maximum Gasteiger partial charge on any atom is 0.255 e. The number of carbonyl (C=O) groups excluding carboxylic acids is 1. The van der Waals surface area contributed by atoms with Gasteiger partial charge in [0.05, 0.1) is 18.9 Å². The molecule has 4 rings (SSSR count). The van der Waals surface area contributed by atoms with E-state index in [2.05, 4.69) is 15.5 Å². The van der Waals surface area contributed by atoms with Gasteiger partial charge in [-0.1, -0.05) is 6.07 Å². The molecule has 0 aliphatic carbocycles. The molecular weight excluding hydrogens is 380 g/mol. The normalized spacial score (nSPS) is 10.9. The summed E-state index contributed by atoms with van der Waals surface area (Å²) >= 11 is 0. The summed E-state index contributed by atoms with van der Waals surface area (Å²) in [6.07, 6.45) is 0.0408. The van der Waals surface area contributed by atoms with Crippen LogP contribution in [0.3, 0.4) is 0 Å². The van der Waals surface area contributed by atoms with Gasteiger partial charge in [0.15, 0.2) is 0 Å². The van der Waals surface area contributed by atoms with E-state index >= 15 is 0 Å². The first kappa shape index (κ1) is 19.4. The summed E-state index contributed by atoms with van der Waals surface area (Å²) in [7, 11) is 1.62. The highest BCUT2D eigenvalue weighted by molar-refractivity contribution is 6.05. The lowest BCUT2D eigenvalue weighted by atomic mass is 10.2. The number of hydrogen-bond acceptors (Lipinski definition) is 5. The Balaban J connectivity index is 1.54. The van der Waals surface area contributed by atoms with Crippen molar-refractivity contribution >= 4 is 22.6 Å². The highest BCUT2D eigenvalue weighted by Crippen LogP contribution is 2.21. The van der Waals surface area contributed by atoms with Crippen molar-refractivity contribution < 1.29 is 14.3 Å². The van der Waals surface area contributed by atoms with Gasteiger partial charge < -0.3 is 14.8 Å². The third-order valence-electron chi connectivity index (χ3n) is 4.41. The van der Waals surface area contributed by atoms with Gasteiger partial charge in [-0.2, -0.15) is 4.80 Å². The van der Waals surface area contributed by atoms with Crippen molar-refractivity contribution in [2.45, 2.75) is 20.0 Å². The van der Waals surface area contributed by atoms with Gasteiger partial charge in [-0.3, -0.25) is 4.79 Å². The number of anilines is 1. The highest BCUT2D eigenvalue weighted by Gasteiger charge is 2.11. The van der Waals surface area contributed by atoms with Crippen LogP contribution < -0.4 is 14.8 Å². The minimum atomic E-state index is -0.217. The van der Waals surface area contributed by atoms with E-state index in [0.717, 1.165) is 17.0 Å². The fraction of sp³-hybridized carbons (Fsp3) is 0.174. The van der Waals surface area contributed by atoms with Gasteiger partial charge in [-0.25, -0.2) is 0 Å². The average Bonchev–Trinajstić information content (AvgIpc) is 3.17. The average molecular weight is 402 g/mol. The summed E-state index contributed by atoms with van der Waals surface area (Å²) in [5.41, 5.74) is 3.40. The van der Waals surface area contributed by atoms with E-state index in [1.54, 1.807) is 36.2 Å². The Bertz CT molecular complexity index is 1180. The Kier molecular flexibility index (Phi) is 5.34. The lowest BCUT2D eigenvalue weighted by Crippen LogP contribution is -2.12. The van der Waals surface area contributed by atoms with Crippen LogP contribution in [0.4, 0.5) is 5.69 Å². The number of ether oxygens (including phenoxy) is 2. The smallest absolute Gasteiger partial charge is 0.255 e. The van der Waals surface area contributed by atoms with E-state index in [0.29, 0.717) is 22.5 Å². The lowest BCUT2D eigenvalue weighted by molar-refractivity contribution is 0.102. The number of aromatic nitrogens is 3. The molecule has 1 N–H and O–H groups in total. The number of amides is 1. The minimum absolute atomic E-state index is 0.0408. The number of benzene rings is 3. The van der Waals surface area contributed by atoms with E-state index in [1.165, 1.54) is 0 Å². The maximum atomic E-state index is 12.7. The summed E-state index contributed by atoms with van der Waals surface area (Å²) in [5.74, 6) is 1.21. The van der Waals surface area contributed by atoms with Crippen molar-refractivity contribution in [3.63, 3.8) is 0 Å². The molecule has 0 saturated carbocycles. The fourth-order valence-electron chi connectivity index (χ4n) is 3.01. The maximum absolute atomic E-state index is 12.7. The number of methoxy groups -OCH3 is 1. The van der Waals surface area contributed by atoms with E-state index in [-0.39, 0.29) is 12.0 Å². The molecule has 0 radical (unpaired) electrons. The molecule has 1 aromatic heterocycles. The van der Waals surface area contributed by atoms with Crippen LogP contribution >= 0.6 is 0 Å². The molecule has 3 aromatic carbocycles. The second-order valence-electron chi connectivity index (χ2n) is 7.04. The summed E-state index contributed by atoms with van der Waals surface area (Å²) in [6, 6.07) is 20.0. The number of nitrogens with one attached hydrogen (secondary N) is 1. The first-order valence-electron chi connectivity index (χ1n) is 9.61. The van der Waals surface area contributed by atoms with E-state index in [9.17, 15) is 4.79 Å². The van der Waals surface area contributed by atoms with Gasteiger partial charge in [-0.05, 0) is 74.5 Å². The van der Waals surface area contributed by atoms with E-state index in [1.807, 2.05) is 56.3 Å². The largest absolute Gasteiger partial charge is 0.497 e. The van der Waals surface area contributed by atoms with Gasteiger partial charge >= 0.3 is 0 Å². The van der Waals surface area contributed by atoms with Crippen molar-refractivity contribution in [2.75, 3.05) is 12.4 Å². The number of fused-ring (bicyclic) bond motifs is 1. The van der Waals surface area contributed by atoms with Gasteiger partial charge in [0, 0.05) is 11.3 Å². The molecule has 0 atom stereocenters. The van der Waals surface area contributed by atoms with Gasteiger partial charge in [-0.15, -0.1) is 10.2 Å². The van der Waals surface area contributed by atoms with Crippen LogP contribution in [0.1, 0.15) is 24.2 Å². The monoisotopic (exact) mass is 402 g/mol. The number of carbonyl (C=O) groups is 1. The summed E-state index contributed by atoms with van der Waals surface area (Å²) in [5, 5.41) is 11.9. The molecule has 0 fully saturated rings. The first-order valence-corrected chi connectivity index (χ1v) is 9.61. The first-order chi connectivity index (χ1) is 14.5. The zero-order valence-corrected chi connectivity index (χ0v) is 17.0. The Morgan fingerprint density at radius 1 is 0.933 bits per heavy atom. The van der Waals surface area contributed by atoms with Crippen LogP contribution in [-0.4, -0.2) is 34.1 Å². The number of rotatable bonds is 6. The van der Waals surface area contributed by atoms with Crippen molar-refractivity contribution in [3.05, 3.63) is 72.3 Å². The second kappa shape index (κ2) is 8.24. The summed E-state index contributed by atoms with van der Waals surface area (Å²) < 4.78 is 10.8. The van der Waals surface area contributed by atoms with Crippen LogP contribution in [0, 0.1) is 0 Å². The van der Waals surface area contributed by atoms with Crippen LogP contribution in [0.25, 0.3) is 16.7 Å². The molecule has 0 aliphatic rings. The Labute approximate surface area is 174 Å². The molecule has 0 spiro atoms. The minimum Gasteiger partial charge on any atom is -0.497 e. The van der Waals surface area contributed by atoms with Gasteiger partial charge in [0.2, 0.25) is 0 Å². The molecule has 4 aromatic rings. The fourth-order valence-corrected chi connectivity index (χ4v) is 3.01. The van der Waals surface area contributed by atoms with Crippen LogP contribution in [0.2, 0.25) is 0 Å². The van der Waals surface area contributed by atoms with Crippen LogP contribution in [0.5, 0.6) is 11.5 Å². The predicted molar refractivity (Wildman–Crippen MR) is 116 cm³/mol. The summed E-state index contributed by atoms with van der Waals surface area (Å²) in [4.78, 5) is 14.2. The molecule has 1 heterocycles. The zero-order valence-electron chi connectivity index (χ0n) is 17.0. The van der Waals surface area contributed by atoms with E-state index < -0.39 is 0 Å². The van der Waals surface area contributed by atoms with Gasteiger partial charge in [0.1, 0.15) is 22.5 Å². The molecular formula is C23H22N4O3. The van der Waals surface area contributed by atoms with Crippen molar-refractivity contribution in [2.24, 2.45) is 0 Å². The third kappa shape index (κ3) is 4.25. The number of hydrogen-bond donors (Lipinski definition) is 1. The SMILES string of the molecule is COc1ccc(-n2nc3ccc(NC(=O)c4cccc(OC(C)C)c4)cc3n2)cc1. The zero-order chi connectivity index (χ0) is 21.1. The Morgan fingerprint density at radius 2 is 1.70 bits per heavy atom. The molecule has 7 heteroatoms. The van der Waals surface area contributed by atoms with Crippen molar-refractivity contribution in [3.8, 4) is 17.2 Å². The molecule has 1 amide bonds. The molecule has 152 valence electrons. The second-order valence-corrected chi connectivity index (χ2v) is 7.04.